The Morgan fingerprint density at radius 1 is 1.31 bits per heavy atom. The summed E-state index contributed by atoms with van der Waals surface area (Å²) >= 11 is 0. The van der Waals surface area contributed by atoms with Crippen molar-refractivity contribution in [1.82, 2.24) is 0 Å². The molecule has 13 heavy (non-hydrogen) atoms. The fourth-order valence-electron chi connectivity index (χ4n) is 1.09. The maximum atomic E-state index is 2.21. The van der Waals surface area contributed by atoms with E-state index in [2.05, 4.69) is 62.0 Å². The Kier molecular flexibility index (Phi) is 3.69. The van der Waals surface area contributed by atoms with Crippen LogP contribution in [0.5, 0.6) is 0 Å². The molecule has 0 saturated carbocycles. The highest BCUT2D eigenvalue weighted by Gasteiger charge is 1.94. The van der Waals surface area contributed by atoms with Crippen LogP contribution >= 0.6 is 0 Å². The number of nitrogens with zero attached hydrogens (tertiary/aromatic N) is 1. The van der Waals surface area contributed by atoms with Gasteiger partial charge in [0.25, 0.3) is 0 Å². The summed E-state index contributed by atoms with van der Waals surface area (Å²) < 4.78 is 2.16. The Morgan fingerprint density at radius 2 is 1.92 bits per heavy atom. The van der Waals surface area contributed by atoms with E-state index >= 15 is 0 Å². The quantitative estimate of drug-likeness (QED) is 0.623. The molecule has 0 aliphatic heterocycles. The molecule has 0 bridgehead atoms. The van der Waals surface area contributed by atoms with Crippen molar-refractivity contribution in [2.45, 2.75) is 27.3 Å². The van der Waals surface area contributed by atoms with Gasteiger partial charge in [0.05, 0.1) is 0 Å². The van der Waals surface area contributed by atoms with Gasteiger partial charge in [0.15, 0.2) is 12.4 Å². The third kappa shape index (κ3) is 3.41. The summed E-state index contributed by atoms with van der Waals surface area (Å²) in [6, 6.07) is 4.28. The van der Waals surface area contributed by atoms with E-state index in [-0.39, 0.29) is 0 Å². The number of aromatic nitrogens is 1. The maximum Gasteiger partial charge on any atom is 0.169 e. The van der Waals surface area contributed by atoms with Gasteiger partial charge in [-0.1, -0.05) is 26.0 Å². The summed E-state index contributed by atoms with van der Waals surface area (Å²) in [5, 5.41) is 0. The molecule has 0 aromatic carbocycles. The molecule has 1 rings (SSSR count). The predicted molar refractivity (Wildman–Crippen MR) is 56.2 cm³/mol. The lowest BCUT2D eigenvalue weighted by Crippen LogP contribution is -2.30. The van der Waals surface area contributed by atoms with E-state index in [1.807, 2.05) is 0 Å². The molecular formula is C12H18N+. The fraction of sp³-hybridized carbons (Fsp3) is 0.417. The minimum absolute atomic E-state index is 0.624. The minimum Gasteiger partial charge on any atom is -0.205 e. The van der Waals surface area contributed by atoms with Crippen molar-refractivity contribution in [3.05, 3.63) is 36.2 Å². The van der Waals surface area contributed by atoms with Crippen molar-refractivity contribution < 1.29 is 4.57 Å². The molecule has 0 fully saturated rings. The van der Waals surface area contributed by atoms with Gasteiger partial charge in [0.1, 0.15) is 6.54 Å². The Hall–Kier alpha value is -1.11. The van der Waals surface area contributed by atoms with Crippen LogP contribution in [-0.4, -0.2) is 0 Å². The molecule has 0 amide bonds. The highest BCUT2D eigenvalue weighted by atomic mass is 14.9. The molecule has 0 unspecified atom stereocenters. The van der Waals surface area contributed by atoms with E-state index < -0.39 is 0 Å². The van der Waals surface area contributed by atoms with Crippen LogP contribution in [0, 0.1) is 5.92 Å². The highest BCUT2D eigenvalue weighted by Crippen LogP contribution is 2.02. The van der Waals surface area contributed by atoms with Gasteiger partial charge >= 0.3 is 0 Å². The second-order valence-corrected chi connectivity index (χ2v) is 3.57. The van der Waals surface area contributed by atoms with E-state index in [1.165, 1.54) is 5.56 Å². The van der Waals surface area contributed by atoms with Crippen LogP contribution < -0.4 is 4.57 Å². The van der Waals surface area contributed by atoms with Gasteiger partial charge in [0, 0.05) is 12.1 Å². The Bertz CT molecular complexity index is 270. The summed E-state index contributed by atoms with van der Waals surface area (Å²) in [6.45, 7) is 7.55. The summed E-state index contributed by atoms with van der Waals surface area (Å²) in [5.41, 5.74) is 1.28. The van der Waals surface area contributed by atoms with Crippen LogP contribution in [0.2, 0.25) is 0 Å². The Morgan fingerprint density at radius 3 is 2.38 bits per heavy atom. The van der Waals surface area contributed by atoms with Gasteiger partial charge in [0.2, 0.25) is 0 Å². The molecule has 70 valence electrons. The SMILES string of the molecule is CC[n+]1ccc(/C=C/C(C)C)cc1. The third-order valence-corrected chi connectivity index (χ3v) is 1.96. The van der Waals surface area contributed by atoms with Gasteiger partial charge in [-0.3, -0.25) is 0 Å². The van der Waals surface area contributed by atoms with Gasteiger partial charge in [-0.05, 0) is 18.4 Å². The number of hydrogen-bond donors (Lipinski definition) is 0. The lowest BCUT2D eigenvalue weighted by atomic mass is 10.1. The normalized spacial score (nSPS) is 11.4. The molecule has 1 heteroatoms. The lowest BCUT2D eigenvalue weighted by molar-refractivity contribution is -0.693. The minimum atomic E-state index is 0.624. The van der Waals surface area contributed by atoms with Crippen LogP contribution in [0.25, 0.3) is 6.08 Å². The van der Waals surface area contributed by atoms with Crippen molar-refractivity contribution in [1.29, 1.82) is 0 Å². The van der Waals surface area contributed by atoms with E-state index in [4.69, 9.17) is 0 Å². The monoisotopic (exact) mass is 176 g/mol. The molecule has 0 radical (unpaired) electrons. The van der Waals surface area contributed by atoms with Crippen molar-refractivity contribution in [2.75, 3.05) is 0 Å². The summed E-state index contributed by atoms with van der Waals surface area (Å²) in [5.74, 6) is 0.624. The zero-order valence-electron chi connectivity index (χ0n) is 8.70. The molecule has 1 heterocycles. The summed E-state index contributed by atoms with van der Waals surface area (Å²) in [6.07, 6.45) is 8.61. The van der Waals surface area contributed by atoms with Crippen LogP contribution in [-0.2, 0) is 6.54 Å². The molecule has 0 spiro atoms. The van der Waals surface area contributed by atoms with Crippen molar-refractivity contribution in [3.8, 4) is 0 Å². The second kappa shape index (κ2) is 4.80. The first-order valence-corrected chi connectivity index (χ1v) is 4.89. The van der Waals surface area contributed by atoms with Crippen LogP contribution in [0.4, 0.5) is 0 Å². The van der Waals surface area contributed by atoms with Gasteiger partial charge in [-0.15, -0.1) is 0 Å². The average molecular weight is 176 g/mol. The summed E-state index contributed by atoms with van der Waals surface area (Å²) in [7, 11) is 0. The molecule has 0 atom stereocenters. The molecule has 1 aromatic rings. The first kappa shape index (κ1) is 9.97. The van der Waals surface area contributed by atoms with Gasteiger partial charge < -0.3 is 0 Å². The van der Waals surface area contributed by atoms with Crippen molar-refractivity contribution in [2.24, 2.45) is 5.92 Å². The predicted octanol–water partition coefficient (Wildman–Crippen LogP) is 2.66. The van der Waals surface area contributed by atoms with Crippen LogP contribution in [0.3, 0.4) is 0 Å². The van der Waals surface area contributed by atoms with Crippen molar-refractivity contribution in [3.63, 3.8) is 0 Å². The van der Waals surface area contributed by atoms with Crippen LogP contribution in [0.15, 0.2) is 30.6 Å². The summed E-state index contributed by atoms with van der Waals surface area (Å²) in [4.78, 5) is 0. The number of aryl methyl sites for hydroxylation is 1. The molecular weight excluding hydrogens is 158 g/mol. The first-order chi connectivity index (χ1) is 6.22. The maximum absolute atomic E-state index is 2.21. The smallest absolute Gasteiger partial charge is 0.169 e. The van der Waals surface area contributed by atoms with E-state index in [1.54, 1.807) is 0 Å². The fourth-order valence-corrected chi connectivity index (χ4v) is 1.09. The molecule has 0 aliphatic rings. The largest absolute Gasteiger partial charge is 0.205 e. The van der Waals surface area contributed by atoms with E-state index in [0.717, 1.165) is 6.54 Å². The zero-order chi connectivity index (χ0) is 9.68. The Balaban J connectivity index is 2.69. The number of allylic oxidation sites excluding steroid dienone is 1. The van der Waals surface area contributed by atoms with E-state index in [0.29, 0.717) is 5.92 Å². The number of rotatable bonds is 3. The van der Waals surface area contributed by atoms with E-state index in [9.17, 15) is 0 Å². The van der Waals surface area contributed by atoms with Crippen LogP contribution in [0.1, 0.15) is 26.3 Å². The third-order valence-electron chi connectivity index (χ3n) is 1.96. The number of hydrogen-bond acceptors (Lipinski definition) is 0. The second-order valence-electron chi connectivity index (χ2n) is 3.57. The number of pyridine rings is 1. The van der Waals surface area contributed by atoms with Crippen molar-refractivity contribution >= 4 is 6.08 Å². The zero-order valence-corrected chi connectivity index (χ0v) is 8.70. The highest BCUT2D eigenvalue weighted by molar-refractivity contribution is 5.47. The Labute approximate surface area is 80.7 Å². The van der Waals surface area contributed by atoms with Gasteiger partial charge in [-0.25, -0.2) is 4.57 Å². The molecule has 0 N–H and O–H groups in total. The van der Waals surface area contributed by atoms with Gasteiger partial charge in [-0.2, -0.15) is 0 Å². The molecule has 0 aliphatic carbocycles. The molecule has 1 aromatic heterocycles. The topological polar surface area (TPSA) is 3.88 Å². The first-order valence-electron chi connectivity index (χ1n) is 4.89. The molecule has 0 saturated heterocycles. The average Bonchev–Trinajstić information content (AvgIpc) is 2.15. The lowest BCUT2D eigenvalue weighted by Gasteiger charge is -1.95. The molecule has 1 nitrogen and oxygen atoms in total. The standard InChI is InChI=1S/C12H18N/c1-4-13-9-7-12(8-10-13)6-5-11(2)3/h5-11H,4H2,1-3H3/q+1/b6-5+.